The van der Waals surface area contributed by atoms with Gasteiger partial charge >= 0.3 is 0 Å². The predicted molar refractivity (Wildman–Crippen MR) is 105 cm³/mol. The van der Waals surface area contributed by atoms with Crippen LogP contribution in [0.15, 0.2) is 29.3 Å². The Bertz CT molecular complexity index is 637. The van der Waals surface area contributed by atoms with Gasteiger partial charge in [0.15, 0.2) is 5.96 Å². The van der Waals surface area contributed by atoms with Gasteiger partial charge in [-0.05, 0) is 24.5 Å². The van der Waals surface area contributed by atoms with Gasteiger partial charge in [-0.3, -0.25) is 14.7 Å². The Kier molecular flexibility index (Phi) is 6.50. The number of piperazine rings is 1. The van der Waals surface area contributed by atoms with E-state index in [1.165, 1.54) is 11.1 Å². The standard InChI is InChI=1S/C20H31N5O/c1-3-21-20(25-10-8-18-6-4-5-7-19(18)16-25)22-9-11-23-12-14-24(15-13-23)17(2)26/h4-7H,3,8-16H2,1-2H3,(H,21,22). The number of carbonyl (C=O) groups excluding carboxylic acids is 1. The number of rotatable bonds is 4. The smallest absolute Gasteiger partial charge is 0.219 e. The zero-order chi connectivity index (χ0) is 18.4. The number of carbonyl (C=O) groups is 1. The summed E-state index contributed by atoms with van der Waals surface area (Å²) in [5.41, 5.74) is 2.87. The first-order valence-corrected chi connectivity index (χ1v) is 9.75. The van der Waals surface area contributed by atoms with Gasteiger partial charge in [0.05, 0.1) is 6.54 Å². The van der Waals surface area contributed by atoms with E-state index >= 15 is 0 Å². The number of nitrogens with zero attached hydrogens (tertiary/aromatic N) is 4. The zero-order valence-electron chi connectivity index (χ0n) is 16.1. The lowest BCUT2D eigenvalue weighted by atomic mass is 10.0. The second-order valence-electron chi connectivity index (χ2n) is 7.02. The normalized spacial score (nSPS) is 18.6. The van der Waals surface area contributed by atoms with Crippen molar-refractivity contribution in [2.75, 3.05) is 52.4 Å². The predicted octanol–water partition coefficient (Wildman–Crippen LogP) is 1.17. The Morgan fingerprint density at radius 1 is 1.08 bits per heavy atom. The highest BCUT2D eigenvalue weighted by atomic mass is 16.2. The summed E-state index contributed by atoms with van der Waals surface area (Å²) in [6, 6.07) is 8.70. The lowest BCUT2D eigenvalue weighted by Crippen LogP contribution is -2.49. The molecule has 1 aromatic rings. The Morgan fingerprint density at radius 2 is 1.81 bits per heavy atom. The van der Waals surface area contributed by atoms with Crippen LogP contribution in [0.25, 0.3) is 0 Å². The molecule has 1 fully saturated rings. The number of aliphatic imine (C=N–C) groups is 1. The van der Waals surface area contributed by atoms with E-state index in [4.69, 9.17) is 4.99 Å². The van der Waals surface area contributed by atoms with Gasteiger partial charge in [-0.25, -0.2) is 0 Å². The van der Waals surface area contributed by atoms with Crippen molar-refractivity contribution in [2.24, 2.45) is 4.99 Å². The van der Waals surface area contributed by atoms with Gasteiger partial charge in [-0.2, -0.15) is 0 Å². The Morgan fingerprint density at radius 3 is 2.50 bits per heavy atom. The van der Waals surface area contributed by atoms with E-state index < -0.39 is 0 Å². The molecular formula is C20H31N5O. The molecule has 0 saturated carbocycles. The average molecular weight is 358 g/mol. The summed E-state index contributed by atoms with van der Waals surface area (Å²) in [4.78, 5) is 23.0. The molecule has 142 valence electrons. The van der Waals surface area contributed by atoms with E-state index in [0.717, 1.165) is 71.3 Å². The molecule has 0 aliphatic carbocycles. The molecule has 1 amide bonds. The molecule has 6 heteroatoms. The van der Waals surface area contributed by atoms with E-state index in [1.807, 2.05) is 4.90 Å². The topological polar surface area (TPSA) is 51.2 Å². The monoisotopic (exact) mass is 357 g/mol. The second-order valence-corrected chi connectivity index (χ2v) is 7.02. The molecule has 0 spiro atoms. The molecule has 1 aromatic carbocycles. The number of hydrogen-bond donors (Lipinski definition) is 1. The number of guanidine groups is 1. The number of benzene rings is 1. The first kappa shape index (κ1) is 18.7. The molecular weight excluding hydrogens is 326 g/mol. The van der Waals surface area contributed by atoms with Crippen molar-refractivity contribution in [1.29, 1.82) is 0 Å². The van der Waals surface area contributed by atoms with Gasteiger partial charge < -0.3 is 15.1 Å². The minimum absolute atomic E-state index is 0.183. The first-order chi connectivity index (χ1) is 12.7. The molecule has 0 aromatic heterocycles. The SMILES string of the molecule is CCNC(=NCCN1CCN(C(C)=O)CC1)N1CCc2ccccc2C1. The molecule has 2 aliphatic heterocycles. The van der Waals surface area contributed by atoms with Gasteiger partial charge in [0.2, 0.25) is 5.91 Å². The summed E-state index contributed by atoms with van der Waals surface area (Å²) in [5, 5.41) is 3.45. The maximum atomic E-state index is 11.4. The van der Waals surface area contributed by atoms with Crippen molar-refractivity contribution in [1.82, 2.24) is 20.0 Å². The van der Waals surface area contributed by atoms with Crippen molar-refractivity contribution in [2.45, 2.75) is 26.8 Å². The lowest BCUT2D eigenvalue weighted by molar-refractivity contribution is -0.130. The Hall–Kier alpha value is -2.08. The Labute approximate surface area is 156 Å². The van der Waals surface area contributed by atoms with Crippen molar-refractivity contribution < 1.29 is 4.79 Å². The van der Waals surface area contributed by atoms with Crippen LogP contribution in [-0.4, -0.2) is 78.9 Å². The lowest BCUT2D eigenvalue weighted by Gasteiger charge is -2.34. The molecule has 0 radical (unpaired) electrons. The van der Waals surface area contributed by atoms with Gasteiger partial charge in [0, 0.05) is 59.3 Å². The fourth-order valence-electron chi connectivity index (χ4n) is 3.69. The number of amides is 1. The van der Waals surface area contributed by atoms with Crippen LogP contribution in [0.3, 0.4) is 0 Å². The molecule has 2 aliphatic rings. The number of hydrogen-bond acceptors (Lipinski definition) is 3. The van der Waals surface area contributed by atoms with Crippen LogP contribution in [0.2, 0.25) is 0 Å². The molecule has 0 atom stereocenters. The molecule has 0 bridgehead atoms. The van der Waals surface area contributed by atoms with Gasteiger partial charge in [0.25, 0.3) is 0 Å². The summed E-state index contributed by atoms with van der Waals surface area (Å²) in [6.45, 7) is 11.9. The quantitative estimate of drug-likeness (QED) is 0.649. The van der Waals surface area contributed by atoms with E-state index in [0.29, 0.717) is 0 Å². The number of nitrogens with one attached hydrogen (secondary N) is 1. The summed E-state index contributed by atoms with van der Waals surface area (Å²) in [5.74, 6) is 1.20. The van der Waals surface area contributed by atoms with Crippen LogP contribution in [0.4, 0.5) is 0 Å². The van der Waals surface area contributed by atoms with Crippen molar-refractivity contribution in [3.8, 4) is 0 Å². The van der Waals surface area contributed by atoms with Crippen LogP contribution in [-0.2, 0) is 17.8 Å². The molecule has 26 heavy (non-hydrogen) atoms. The maximum Gasteiger partial charge on any atom is 0.219 e. The fraction of sp³-hybridized carbons (Fsp3) is 0.600. The average Bonchev–Trinajstić information content (AvgIpc) is 2.67. The largest absolute Gasteiger partial charge is 0.357 e. The molecule has 1 saturated heterocycles. The highest BCUT2D eigenvalue weighted by Gasteiger charge is 2.20. The number of fused-ring (bicyclic) bond motifs is 1. The van der Waals surface area contributed by atoms with Gasteiger partial charge in [0.1, 0.15) is 0 Å². The van der Waals surface area contributed by atoms with Crippen LogP contribution in [0.5, 0.6) is 0 Å². The third-order valence-corrected chi connectivity index (χ3v) is 5.26. The Balaban J connectivity index is 1.53. The summed E-state index contributed by atoms with van der Waals surface area (Å²) >= 11 is 0. The molecule has 3 rings (SSSR count). The molecule has 0 unspecified atom stereocenters. The van der Waals surface area contributed by atoms with Crippen LogP contribution < -0.4 is 5.32 Å². The summed E-state index contributed by atoms with van der Waals surface area (Å²) in [7, 11) is 0. The minimum Gasteiger partial charge on any atom is -0.357 e. The van der Waals surface area contributed by atoms with Gasteiger partial charge in [-0.1, -0.05) is 24.3 Å². The van der Waals surface area contributed by atoms with Crippen molar-refractivity contribution >= 4 is 11.9 Å². The zero-order valence-corrected chi connectivity index (χ0v) is 16.1. The van der Waals surface area contributed by atoms with E-state index in [9.17, 15) is 4.79 Å². The third-order valence-electron chi connectivity index (χ3n) is 5.26. The first-order valence-electron chi connectivity index (χ1n) is 9.75. The minimum atomic E-state index is 0.183. The third kappa shape index (κ3) is 4.75. The highest BCUT2D eigenvalue weighted by Crippen LogP contribution is 2.18. The summed E-state index contributed by atoms with van der Waals surface area (Å²) in [6.07, 6.45) is 1.08. The van der Waals surface area contributed by atoms with Gasteiger partial charge in [-0.15, -0.1) is 0 Å². The fourth-order valence-corrected chi connectivity index (χ4v) is 3.69. The van der Waals surface area contributed by atoms with Crippen LogP contribution in [0, 0.1) is 0 Å². The van der Waals surface area contributed by atoms with Crippen LogP contribution >= 0.6 is 0 Å². The van der Waals surface area contributed by atoms with Crippen LogP contribution in [0.1, 0.15) is 25.0 Å². The highest BCUT2D eigenvalue weighted by molar-refractivity contribution is 5.80. The van der Waals surface area contributed by atoms with E-state index in [2.05, 4.69) is 46.3 Å². The molecule has 1 N–H and O–H groups in total. The van der Waals surface area contributed by atoms with E-state index in [-0.39, 0.29) is 5.91 Å². The maximum absolute atomic E-state index is 11.4. The van der Waals surface area contributed by atoms with E-state index in [1.54, 1.807) is 6.92 Å². The second kappa shape index (κ2) is 9.03. The van der Waals surface area contributed by atoms with Crippen molar-refractivity contribution in [3.05, 3.63) is 35.4 Å². The van der Waals surface area contributed by atoms with Crippen molar-refractivity contribution in [3.63, 3.8) is 0 Å². The summed E-state index contributed by atoms with van der Waals surface area (Å²) < 4.78 is 0. The molecule has 6 nitrogen and oxygen atoms in total. The molecule has 2 heterocycles.